The molecule has 0 saturated carbocycles. The largest absolute Gasteiger partial charge is 0.371 e. The van der Waals surface area contributed by atoms with Gasteiger partial charge in [-0.05, 0) is 47.6 Å². The second-order valence-corrected chi connectivity index (χ2v) is 5.51. The summed E-state index contributed by atoms with van der Waals surface area (Å²) < 4.78 is 0. The molecule has 1 rings (SSSR count). The number of benzene rings is 1. The lowest BCUT2D eigenvalue weighted by Crippen LogP contribution is -2.30. The fourth-order valence-corrected chi connectivity index (χ4v) is 3.21. The third-order valence-electron chi connectivity index (χ3n) is 4.57. The highest BCUT2D eigenvalue weighted by molar-refractivity contribution is 5.88. The third-order valence-corrected chi connectivity index (χ3v) is 4.57. The van der Waals surface area contributed by atoms with Gasteiger partial charge >= 0.3 is 0 Å². The summed E-state index contributed by atoms with van der Waals surface area (Å²) in [6.07, 6.45) is 2.00. The standard InChI is InChI=1S/C20H34N3/c1-8-17-18(21(9-2)10-3)15-16-19(22(11-4)12-5)20(17)23(13-6)14-7/h8,16H,1,9-14H2,2-7H3. The minimum Gasteiger partial charge on any atom is -0.371 e. The minimum atomic E-state index is 0.982. The Balaban J connectivity index is 3.64. The van der Waals surface area contributed by atoms with Gasteiger partial charge in [-0.15, -0.1) is 0 Å². The second kappa shape index (κ2) is 9.49. The maximum Gasteiger partial charge on any atom is 0.0698 e. The zero-order valence-electron chi connectivity index (χ0n) is 15.9. The Bertz CT molecular complexity index is 484. The third kappa shape index (κ3) is 4.01. The fraction of sp³-hybridized carbons (Fsp3) is 0.600. The molecule has 0 bridgehead atoms. The molecule has 1 aromatic carbocycles. The zero-order valence-corrected chi connectivity index (χ0v) is 15.9. The highest BCUT2D eigenvalue weighted by atomic mass is 15.2. The molecular weight excluding hydrogens is 282 g/mol. The van der Waals surface area contributed by atoms with Crippen LogP contribution in [0.4, 0.5) is 17.1 Å². The number of hydrogen-bond acceptors (Lipinski definition) is 3. The summed E-state index contributed by atoms with van der Waals surface area (Å²) in [5, 5.41) is 0. The lowest BCUT2D eigenvalue weighted by molar-refractivity contribution is 0.825. The van der Waals surface area contributed by atoms with E-state index >= 15 is 0 Å². The Kier molecular flexibility index (Phi) is 8.01. The maximum absolute atomic E-state index is 4.11. The van der Waals surface area contributed by atoms with Crippen molar-refractivity contribution in [2.24, 2.45) is 0 Å². The van der Waals surface area contributed by atoms with E-state index in [-0.39, 0.29) is 0 Å². The molecule has 23 heavy (non-hydrogen) atoms. The van der Waals surface area contributed by atoms with E-state index in [1.807, 2.05) is 6.08 Å². The Morgan fingerprint density at radius 3 is 1.70 bits per heavy atom. The van der Waals surface area contributed by atoms with Crippen molar-refractivity contribution in [3.63, 3.8) is 0 Å². The van der Waals surface area contributed by atoms with Crippen molar-refractivity contribution < 1.29 is 0 Å². The summed E-state index contributed by atoms with van der Waals surface area (Å²) in [6, 6.07) is 5.71. The van der Waals surface area contributed by atoms with Crippen LogP contribution in [0.3, 0.4) is 0 Å². The molecule has 3 nitrogen and oxygen atoms in total. The SMILES string of the molecule is C=Cc1c(N(CC)CC)[c]cc(N(CC)CC)c1N(CC)CC. The summed E-state index contributed by atoms with van der Waals surface area (Å²) in [7, 11) is 0. The molecular formula is C20H34N3. The van der Waals surface area contributed by atoms with Crippen LogP contribution in [-0.2, 0) is 0 Å². The van der Waals surface area contributed by atoms with E-state index in [1.165, 1.54) is 22.6 Å². The first-order chi connectivity index (χ1) is 11.1. The molecule has 1 aromatic rings. The molecule has 3 heteroatoms. The molecule has 0 N–H and O–H groups in total. The summed E-state index contributed by atoms with van der Waals surface area (Å²) in [4.78, 5) is 7.20. The van der Waals surface area contributed by atoms with Crippen molar-refractivity contribution in [2.45, 2.75) is 41.5 Å². The van der Waals surface area contributed by atoms with E-state index in [2.05, 4.69) is 75.0 Å². The van der Waals surface area contributed by atoms with Gasteiger partial charge in [0.1, 0.15) is 0 Å². The van der Waals surface area contributed by atoms with Crippen molar-refractivity contribution in [1.29, 1.82) is 0 Å². The second-order valence-electron chi connectivity index (χ2n) is 5.51. The van der Waals surface area contributed by atoms with Gasteiger partial charge in [-0.3, -0.25) is 0 Å². The molecule has 1 radical (unpaired) electrons. The van der Waals surface area contributed by atoms with E-state index in [4.69, 9.17) is 0 Å². The van der Waals surface area contributed by atoms with Gasteiger partial charge in [0.25, 0.3) is 0 Å². The quantitative estimate of drug-likeness (QED) is 0.621. The van der Waals surface area contributed by atoms with Crippen LogP contribution in [0.1, 0.15) is 47.1 Å². The van der Waals surface area contributed by atoms with Crippen LogP contribution in [0.15, 0.2) is 12.6 Å². The van der Waals surface area contributed by atoms with Crippen LogP contribution in [-0.4, -0.2) is 39.3 Å². The molecule has 0 unspecified atom stereocenters. The van der Waals surface area contributed by atoms with Crippen molar-refractivity contribution in [3.8, 4) is 0 Å². The number of nitrogens with zero attached hydrogens (tertiary/aromatic N) is 3. The first-order valence-corrected chi connectivity index (χ1v) is 9.09. The van der Waals surface area contributed by atoms with Crippen LogP contribution in [0.5, 0.6) is 0 Å². The van der Waals surface area contributed by atoms with Gasteiger partial charge < -0.3 is 14.7 Å². The van der Waals surface area contributed by atoms with Crippen LogP contribution in [0, 0.1) is 6.07 Å². The average molecular weight is 317 g/mol. The number of rotatable bonds is 10. The van der Waals surface area contributed by atoms with Crippen molar-refractivity contribution in [1.82, 2.24) is 0 Å². The number of anilines is 3. The monoisotopic (exact) mass is 316 g/mol. The van der Waals surface area contributed by atoms with Crippen molar-refractivity contribution >= 4 is 23.1 Å². The summed E-state index contributed by atoms with van der Waals surface area (Å²) in [5.74, 6) is 0. The fourth-order valence-electron chi connectivity index (χ4n) is 3.21. The lowest BCUT2D eigenvalue weighted by atomic mass is 10.0. The van der Waals surface area contributed by atoms with E-state index in [1.54, 1.807) is 0 Å². The first kappa shape index (κ1) is 19.4. The molecule has 0 fully saturated rings. The molecule has 0 heterocycles. The van der Waals surface area contributed by atoms with Gasteiger partial charge in [0.2, 0.25) is 0 Å². The van der Waals surface area contributed by atoms with Gasteiger partial charge in [0, 0.05) is 50.9 Å². The molecule has 0 atom stereocenters. The molecule has 0 spiro atoms. The zero-order chi connectivity index (χ0) is 17.4. The highest BCUT2D eigenvalue weighted by Crippen LogP contribution is 2.39. The van der Waals surface area contributed by atoms with Gasteiger partial charge in [0.05, 0.1) is 17.1 Å². The van der Waals surface area contributed by atoms with Crippen LogP contribution >= 0.6 is 0 Å². The lowest BCUT2D eigenvalue weighted by Gasteiger charge is -2.34. The van der Waals surface area contributed by atoms with Crippen LogP contribution in [0.25, 0.3) is 6.08 Å². The maximum atomic E-state index is 4.11. The summed E-state index contributed by atoms with van der Waals surface area (Å²) in [5.41, 5.74) is 4.95. The normalized spacial score (nSPS) is 10.5. The Morgan fingerprint density at radius 2 is 1.30 bits per heavy atom. The van der Waals surface area contributed by atoms with Gasteiger partial charge in [-0.1, -0.05) is 12.7 Å². The first-order valence-electron chi connectivity index (χ1n) is 9.09. The van der Waals surface area contributed by atoms with E-state index in [0.717, 1.165) is 39.3 Å². The van der Waals surface area contributed by atoms with Gasteiger partial charge in [-0.25, -0.2) is 0 Å². The van der Waals surface area contributed by atoms with Crippen LogP contribution < -0.4 is 14.7 Å². The Hall–Kier alpha value is -1.64. The number of hydrogen-bond donors (Lipinski definition) is 0. The molecule has 129 valence electrons. The van der Waals surface area contributed by atoms with E-state index in [0.29, 0.717) is 0 Å². The molecule has 0 aliphatic carbocycles. The molecule has 0 aromatic heterocycles. The Labute approximate surface area is 143 Å². The van der Waals surface area contributed by atoms with E-state index in [9.17, 15) is 0 Å². The molecule has 0 amide bonds. The van der Waals surface area contributed by atoms with Crippen molar-refractivity contribution in [2.75, 3.05) is 54.0 Å². The molecule has 0 aliphatic rings. The average Bonchev–Trinajstić information content (AvgIpc) is 2.59. The predicted octanol–water partition coefficient (Wildman–Crippen LogP) is 4.67. The highest BCUT2D eigenvalue weighted by Gasteiger charge is 2.20. The van der Waals surface area contributed by atoms with Crippen molar-refractivity contribution in [3.05, 3.63) is 24.3 Å². The smallest absolute Gasteiger partial charge is 0.0698 e. The van der Waals surface area contributed by atoms with E-state index < -0.39 is 0 Å². The topological polar surface area (TPSA) is 9.72 Å². The van der Waals surface area contributed by atoms with Gasteiger partial charge in [0.15, 0.2) is 0 Å². The molecule has 0 aliphatic heterocycles. The summed E-state index contributed by atoms with van der Waals surface area (Å²) >= 11 is 0. The Morgan fingerprint density at radius 1 is 0.826 bits per heavy atom. The summed E-state index contributed by atoms with van der Waals surface area (Å²) in [6.45, 7) is 23.3. The predicted molar refractivity (Wildman–Crippen MR) is 106 cm³/mol. The van der Waals surface area contributed by atoms with Gasteiger partial charge in [-0.2, -0.15) is 0 Å². The molecule has 0 saturated heterocycles. The minimum absolute atomic E-state index is 0.982. The van der Waals surface area contributed by atoms with Crippen LogP contribution in [0.2, 0.25) is 0 Å².